The lowest BCUT2D eigenvalue weighted by Gasteiger charge is -2.25. The van der Waals surface area contributed by atoms with Crippen LogP contribution < -0.4 is 4.74 Å². The third-order valence-electron chi connectivity index (χ3n) is 3.65. The molecule has 0 heterocycles. The molecule has 0 aliphatic carbocycles. The highest BCUT2D eigenvalue weighted by Crippen LogP contribution is 2.19. The lowest BCUT2D eigenvalue weighted by molar-refractivity contribution is -0.132. The fraction of sp³-hybridized carbons (Fsp3) is 0.278. The van der Waals surface area contributed by atoms with Gasteiger partial charge in [-0.25, -0.2) is 4.39 Å². The second kappa shape index (κ2) is 7.59. The monoisotopic (exact) mass is 301 g/mol. The van der Waals surface area contributed by atoms with Crippen molar-refractivity contribution in [3.8, 4) is 5.75 Å². The van der Waals surface area contributed by atoms with Crippen LogP contribution in [0.25, 0.3) is 0 Å². The van der Waals surface area contributed by atoms with E-state index in [4.69, 9.17) is 4.74 Å². The van der Waals surface area contributed by atoms with Gasteiger partial charge in [0.1, 0.15) is 11.6 Å². The molecule has 0 aliphatic heterocycles. The summed E-state index contributed by atoms with van der Waals surface area (Å²) >= 11 is 0. The van der Waals surface area contributed by atoms with Crippen LogP contribution in [0.2, 0.25) is 0 Å². The van der Waals surface area contributed by atoms with Gasteiger partial charge in [-0.15, -0.1) is 0 Å². The van der Waals surface area contributed by atoms with Gasteiger partial charge in [0.15, 0.2) is 0 Å². The second-order valence-corrected chi connectivity index (χ2v) is 5.14. The van der Waals surface area contributed by atoms with E-state index in [1.165, 1.54) is 12.1 Å². The molecule has 0 aliphatic rings. The Morgan fingerprint density at radius 1 is 1.14 bits per heavy atom. The molecule has 2 aromatic carbocycles. The summed E-state index contributed by atoms with van der Waals surface area (Å²) < 4.78 is 18.2. The normalized spacial score (nSPS) is 11.8. The first-order valence-corrected chi connectivity index (χ1v) is 7.27. The summed E-state index contributed by atoms with van der Waals surface area (Å²) in [6.45, 7) is 2.27. The van der Waals surface area contributed by atoms with Gasteiger partial charge < -0.3 is 9.64 Å². The lowest BCUT2D eigenvalue weighted by Crippen LogP contribution is -2.30. The molecule has 0 saturated carbocycles. The van der Waals surface area contributed by atoms with E-state index in [-0.39, 0.29) is 30.8 Å². The van der Waals surface area contributed by atoms with Gasteiger partial charge in [-0.1, -0.05) is 30.3 Å². The SMILES string of the molecule is CC(c1ccccc1)N(C)C(=O)CCOc1ccc(F)cc1. The Labute approximate surface area is 130 Å². The van der Waals surface area contributed by atoms with Crippen molar-refractivity contribution in [2.45, 2.75) is 19.4 Å². The van der Waals surface area contributed by atoms with E-state index in [1.54, 1.807) is 24.1 Å². The number of nitrogens with zero attached hydrogens (tertiary/aromatic N) is 1. The van der Waals surface area contributed by atoms with E-state index < -0.39 is 0 Å². The Balaban J connectivity index is 1.82. The van der Waals surface area contributed by atoms with Crippen molar-refractivity contribution in [2.24, 2.45) is 0 Å². The van der Waals surface area contributed by atoms with Crippen molar-refractivity contribution >= 4 is 5.91 Å². The minimum Gasteiger partial charge on any atom is -0.493 e. The molecule has 1 amide bonds. The molecule has 0 fully saturated rings. The molecule has 116 valence electrons. The molecule has 0 radical (unpaired) electrons. The first-order chi connectivity index (χ1) is 10.6. The Bertz CT molecular complexity index is 598. The van der Waals surface area contributed by atoms with Crippen LogP contribution in [0.1, 0.15) is 24.9 Å². The average molecular weight is 301 g/mol. The number of ether oxygens (including phenoxy) is 1. The molecule has 2 aromatic rings. The highest BCUT2D eigenvalue weighted by atomic mass is 19.1. The van der Waals surface area contributed by atoms with Crippen molar-refractivity contribution < 1.29 is 13.9 Å². The predicted molar refractivity (Wildman–Crippen MR) is 84.1 cm³/mol. The van der Waals surface area contributed by atoms with E-state index in [2.05, 4.69) is 0 Å². The standard InChI is InChI=1S/C18H20FNO2/c1-14(15-6-4-3-5-7-15)20(2)18(21)12-13-22-17-10-8-16(19)9-11-17/h3-11,14H,12-13H2,1-2H3. The van der Waals surface area contributed by atoms with Gasteiger partial charge in [0.05, 0.1) is 19.1 Å². The number of amides is 1. The average Bonchev–Trinajstić information content (AvgIpc) is 2.56. The number of halogens is 1. The molecule has 0 saturated heterocycles. The van der Waals surface area contributed by atoms with Crippen molar-refractivity contribution in [3.63, 3.8) is 0 Å². The first-order valence-electron chi connectivity index (χ1n) is 7.27. The molecule has 2 rings (SSSR count). The van der Waals surface area contributed by atoms with Crippen LogP contribution in [-0.2, 0) is 4.79 Å². The number of carbonyl (C=O) groups excluding carboxylic acids is 1. The maximum absolute atomic E-state index is 12.8. The molecule has 22 heavy (non-hydrogen) atoms. The number of hydrogen-bond acceptors (Lipinski definition) is 2. The molecule has 4 heteroatoms. The fourth-order valence-electron chi connectivity index (χ4n) is 2.13. The van der Waals surface area contributed by atoms with Gasteiger partial charge in [0.25, 0.3) is 0 Å². The quantitative estimate of drug-likeness (QED) is 0.812. The summed E-state index contributed by atoms with van der Waals surface area (Å²) in [6, 6.07) is 15.7. The molecule has 0 N–H and O–H groups in total. The van der Waals surface area contributed by atoms with Crippen LogP contribution in [0.15, 0.2) is 54.6 Å². The Hall–Kier alpha value is -2.36. The third-order valence-corrected chi connectivity index (χ3v) is 3.65. The number of carbonyl (C=O) groups is 1. The van der Waals surface area contributed by atoms with Crippen LogP contribution in [0.3, 0.4) is 0 Å². The number of rotatable bonds is 6. The molecule has 1 atom stereocenters. The second-order valence-electron chi connectivity index (χ2n) is 5.14. The minimum absolute atomic E-state index is 0.0125. The summed E-state index contributed by atoms with van der Waals surface area (Å²) in [5.74, 6) is 0.270. The maximum atomic E-state index is 12.8. The smallest absolute Gasteiger partial charge is 0.226 e. The van der Waals surface area contributed by atoms with Crippen molar-refractivity contribution in [3.05, 3.63) is 66.0 Å². The van der Waals surface area contributed by atoms with E-state index >= 15 is 0 Å². The van der Waals surface area contributed by atoms with E-state index in [9.17, 15) is 9.18 Å². The van der Waals surface area contributed by atoms with E-state index in [1.807, 2.05) is 37.3 Å². The summed E-state index contributed by atoms with van der Waals surface area (Å²) in [5, 5.41) is 0. The zero-order valence-electron chi connectivity index (χ0n) is 12.8. The van der Waals surface area contributed by atoms with Crippen LogP contribution in [0.5, 0.6) is 5.75 Å². The number of benzene rings is 2. The van der Waals surface area contributed by atoms with Crippen LogP contribution in [0, 0.1) is 5.82 Å². The molecular formula is C18H20FNO2. The molecule has 0 spiro atoms. The molecule has 3 nitrogen and oxygen atoms in total. The largest absolute Gasteiger partial charge is 0.493 e. The Morgan fingerprint density at radius 3 is 2.41 bits per heavy atom. The molecule has 0 bridgehead atoms. The molecule has 0 aromatic heterocycles. The van der Waals surface area contributed by atoms with Gasteiger partial charge in [-0.3, -0.25) is 4.79 Å². The Kier molecular flexibility index (Phi) is 5.53. The zero-order valence-corrected chi connectivity index (χ0v) is 12.8. The van der Waals surface area contributed by atoms with Gasteiger partial charge >= 0.3 is 0 Å². The van der Waals surface area contributed by atoms with E-state index in [0.29, 0.717) is 5.75 Å². The topological polar surface area (TPSA) is 29.5 Å². The van der Waals surface area contributed by atoms with Gasteiger partial charge in [0.2, 0.25) is 5.91 Å². The molecular weight excluding hydrogens is 281 g/mol. The lowest BCUT2D eigenvalue weighted by atomic mass is 10.1. The van der Waals surface area contributed by atoms with Crippen LogP contribution >= 0.6 is 0 Å². The summed E-state index contributed by atoms with van der Waals surface area (Å²) in [6.07, 6.45) is 0.283. The van der Waals surface area contributed by atoms with Gasteiger partial charge in [0, 0.05) is 7.05 Å². The van der Waals surface area contributed by atoms with Crippen LogP contribution in [-0.4, -0.2) is 24.5 Å². The Morgan fingerprint density at radius 2 is 1.77 bits per heavy atom. The predicted octanol–water partition coefficient (Wildman–Crippen LogP) is 3.81. The zero-order chi connectivity index (χ0) is 15.9. The van der Waals surface area contributed by atoms with Crippen molar-refractivity contribution in [1.29, 1.82) is 0 Å². The summed E-state index contributed by atoms with van der Waals surface area (Å²) in [4.78, 5) is 13.9. The van der Waals surface area contributed by atoms with Crippen molar-refractivity contribution in [2.75, 3.05) is 13.7 Å². The van der Waals surface area contributed by atoms with Gasteiger partial charge in [-0.05, 0) is 36.8 Å². The third kappa shape index (κ3) is 4.32. The van der Waals surface area contributed by atoms with Crippen molar-refractivity contribution in [1.82, 2.24) is 4.90 Å². The molecule has 1 unspecified atom stereocenters. The fourth-order valence-corrected chi connectivity index (χ4v) is 2.13. The minimum atomic E-state index is -0.306. The van der Waals surface area contributed by atoms with Gasteiger partial charge in [-0.2, -0.15) is 0 Å². The van der Waals surface area contributed by atoms with Crippen LogP contribution in [0.4, 0.5) is 4.39 Å². The maximum Gasteiger partial charge on any atom is 0.226 e. The number of hydrogen-bond donors (Lipinski definition) is 0. The summed E-state index contributed by atoms with van der Waals surface area (Å²) in [5.41, 5.74) is 1.10. The highest BCUT2D eigenvalue weighted by molar-refractivity contribution is 5.76. The summed E-state index contributed by atoms with van der Waals surface area (Å²) in [7, 11) is 1.79. The highest BCUT2D eigenvalue weighted by Gasteiger charge is 2.16. The van der Waals surface area contributed by atoms with E-state index in [0.717, 1.165) is 5.56 Å². The first kappa shape index (κ1) is 16.0.